The predicted molar refractivity (Wildman–Crippen MR) is 68.3 cm³/mol. The van der Waals surface area contributed by atoms with Gasteiger partial charge in [0.05, 0.1) is 12.6 Å². The summed E-state index contributed by atoms with van der Waals surface area (Å²) in [5.74, 6) is -0.754. The van der Waals surface area contributed by atoms with Gasteiger partial charge in [0.1, 0.15) is 10.7 Å². The molecule has 1 fully saturated rings. The molecule has 0 radical (unpaired) electrons. The van der Waals surface area contributed by atoms with Crippen LogP contribution < -0.4 is 0 Å². The molecule has 1 aliphatic heterocycles. The molecule has 1 aliphatic rings. The molecule has 0 N–H and O–H groups in total. The molecular weight excluding hydrogens is 325 g/mol. The minimum absolute atomic E-state index is 0.224. The van der Waals surface area contributed by atoms with Gasteiger partial charge < -0.3 is 4.74 Å². The first-order valence-electron chi connectivity index (χ1n) is 5.44. The van der Waals surface area contributed by atoms with E-state index in [9.17, 15) is 12.8 Å². The number of hydrogen-bond donors (Lipinski definition) is 0. The Morgan fingerprint density at radius 2 is 2.22 bits per heavy atom. The van der Waals surface area contributed by atoms with Crippen molar-refractivity contribution in [3.05, 3.63) is 28.5 Å². The first-order chi connectivity index (χ1) is 8.43. The molecule has 0 spiro atoms. The summed E-state index contributed by atoms with van der Waals surface area (Å²) in [6.45, 7) is 0.890. The summed E-state index contributed by atoms with van der Waals surface area (Å²) in [4.78, 5) is -0.305. The van der Waals surface area contributed by atoms with Gasteiger partial charge in [-0.3, -0.25) is 0 Å². The lowest BCUT2D eigenvalue weighted by Gasteiger charge is -2.22. The van der Waals surface area contributed by atoms with Gasteiger partial charge in [-0.15, -0.1) is 0 Å². The van der Waals surface area contributed by atoms with E-state index in [4.69, 9.17) is 4.74 Å². The summed E-state index contributed by atoms with van der Waals surface area (Å²) in [7, 11) is -2.36. The van der Waals surface area contributed by atoms with Gasteiger partial charge in [0.2, 0.25) is 10.0 Å². The molecule has 1 heterocycles. The van der Waals surface area contributed by atoms with Crippen molar-refractivity contribution in [2.75, 3.05) is 20.3 Å². The summed E-state index contributed by atoms with van der Waals surface area (Å²) in [6, 6.07) is 3.69. The molecule has 4 nitrogen and oxygen atoms in total. The fourth-order valence-electron chi connectivity index (χ4n) is 1.84. The Morgan fingerprint density at radius 1 is 1.50 bits per heavy atom. The molecule has 2 rings (SSSR count). The monoisotopic (exact) mass is 337 g/mol. The van der Waals surface area contributed by atoms with E-state index < -0.39 is 15.8 Å². The van der Waals surface area contributed by atoms with Crippen LogP contribution in [0.3, 0.4) is 0 Å². The fraction of sp³-hybridized carbons (Fsp3) is 0.455. The van der Waals surface area contributed by atoms with E-state index in [0.29, 0.717) is 24.1 Å². The molecule has 1 atom stereocenters. The molecule has 0 bridgehead atoms. The van der Waals surface area contributed by atoms with Crippen molar-refractivity contribution in [3.63, 3.8) is 0 Å². The third kappa shape index (κ3) is 2.59. The summed E-state index contributed by atoms with van der Waals surface area (Å²) in [5.41, 5.74) is 0. The van der Waals surface area contributed by atoms with Crippen LogP contribution in [0.4, 0.5) is 4.39 Å². The first-order valence-corrected chi connectivity index (χ1v) is 7.67. The van der Waals surface area contributed by atoms with Gasteiger partial charge in [-0.2, -0.15) is 4.31 Å². The van der Waals surface area contributed by atoms with Crippen molar-refractivity contribution in [1.29, 1.82) is 0 Å². The molecule has 0 aliphatic carbocycles. The number of rotatable bonds is 3. The fourth-order valence-corrected chi connectivity index (χ4v) is 3.59. The minimum Gasteiger partial charge on any atom is -0.380 e. The molecule has 0 amide bonds. The van der Waals surface area contributed by atoms with Gasteiger partial charge in [0.25, 0.3) is 0 Å². The van der Waals surface area contributed by atoms with Crippen molar-refractivity contribution < 1.29 is 17.5 Å². The normalized spacial score (nSPS) is 20.6. The number of benzene rings is 1. The van der Waals surface area contributed by atoms with Gasteiger partial charge in [-0.1, -0.05) is 15.9 Å². The van der Waals surface area contributed by atoms with Gasteiger partial charge in [0.15, 0.2) is 0 Å². The van der Waals surface area contributed by atoms with Crippen molar-refractivity contribution >= 4 is 26.0 Å². The predicted octanol–water partition coefficient (Wildman–Crippen LogP) is 2.00. The van der Waals surface area contributed by atoms with Crippen molar-refractivity contribution in [3.8, 4) is 0 Å². The zero-order chi connectivity index (χ0) is 13.3. The standard InChI is InChI=1S/C11H13BrFNO3S/c1-14(9-4-5-17-7-9)18(15,16)11-3-2-8(12)6-10(11)13/h2-3,6,9H,4-5,7H2,1H3/t9-/m0/s1. The van der Waals surface area contributed by atoms with Crippen LogP contribution in [0.5, 0.6) is 0 Å². The maximum atomic E-state index is 13.7. The van der Waals surface area contributed by atoms with Gasteiger partial charge in [-0.05, 0) is 24.6 Å². The molecule has 0 unspecified atom stereocenters. The Hall–Kier alpha value is -0.500. The second kappa shape index (κ2) is 5.24. The lowest BCUT2D eigenvalue weighted by Crippen LogP contribution is -2.37. The average Bonchev–Trinajstić information content (AvgIpc) is 2.80. The van der Waals surface area contributed by atoms with Crippen LogP contribution in [0, 0.1) is 5.82 Å². The average molecular weight is 338 g/mol. The number of nitrogens with zero attached hydrogens (tertiary/aromatic N) is 1. The van der Waals surface area contributed by atoms with Crippen LogP contribution in [0.15, 0.2) is 27.6 Å². The Bertz CT molecular complexity index is 543. The zero-order valence-corrected chi connectivity index (χ0v) is 12.2. The van der Waals surface area contributed by atoms with Gasteiger partial charge in [0, 0.05) is 18.1 Å². The summed E-state index contributed by atoms with van der Waals surface area (Å²) < 4.78 is 45.1. The molecule has 1 saturated heterocycles. The Balaban J connectivity index is 2.35. The highest BCUT2D eigenvalue weighted by atomic mass is 79.9. The number of likely N-dealkylation sites (N-methyl/N-ethyl adjacent to an activating group) is 1. The molecular formula is C11H13BrFNO3S. The van der Waals surface area contributed by atoms with Crippen molar-refractivity contribution in [2.24, 2.45) is 0 Å². The molecule has 0 aromatic heterocycles. The number of sulfonamides is 1. The van der Waals surface area contributed by atoms with Gasteiger partial charge >= 0.3 is 0 Å². The Labute approximate surface area is 114 Å². The smallest absolute Gasteiger partial charge is 0.246 e. The van der Waals surface area contributed by atoms with Crippen LogP contribution >= 0.6 is 15.9 Å². The van der Waals surface area contributed by atoms with E-state index >= 15 is 0 Å². The van der Waals surface area contributed by atoms with Crippen LogP contribution in [0.2, 0.25) is 0 Å². The van der Waals surface area contributed by atoms with Gasteiger partial charge in [-0.25, -0.2) is 12.8 Å². The SMILES string of the molecule is CN([C@H]1CCOC1)S(=O)(=O)c1ccc(Br)cc1F. The second-order valence-electron chi connectivity index (χ2n) is 4.11. The zero-order valence-electron chi connectivity index (χ0n) is 9.77. The maximum absolute atomic E-state index is 13.7. The third-order valence-electron chi connectivity index (χ3n) is 2.97. The first kappa shape index (κ1) is 13.9. The van der Waals surface area contributed by atoms with E-state index in [2.05, 4.69) is 15.9 Å². The number of hydrogen-bond acceptors (Lipinski definition) is 3. The van der Waals surface area contributed by atoms with Crippen LogP contribution in [0.1, 0.15) is 6.42 Å². The third-order valence-corrected chi connectivity index (χ3v) is 5.41. The number of halogens is 2. The van der Waals surface area contributed by atoms with Crippen LogP contribution in [0.25, 0.3) is 0 Å². The van der Waals surface area contributed by atoms with Crippen molar-refractivity contribution in [1.82, 2.24) is 4.31 Å². The lowest BCUT2D eigenvalue weighted by molar-refractivity contribution is 0.180. The van der Waals surface area contributed by atoms with Crippen molar-refractivity contribution in [2.45, 2.75) is 17.4 Å². The highest BCUT2D eigenvalue weighted by Gasteiger charge is 2.32. The Morgan fingerprint density at radius 3 is 2.78 bits per heavy atom. The molecule has 100 valence electrons. The molecule has 0 saturated carbocycles. The minimum atomic E-state index is -3.81. The van der Waals surface area contributed by atoms with Crippen LogP contribution in [-0.2, 0) is 14.8 Å². The van der Waals surface area contributed by atoms with E-state index in [0.717, 1.165) is 6.07 Å². The van der Waals surface area contributed by atoms with E-state index in [1.54, 1.807) is 0 Å². The lowest BCUT2D eigenvalue weighted by atomic mass is 10.3. The largest absolute Gasteiger partial charge is 0.380 e. The quantitative estimate of drug-likeness (QED) is 0.847. The van der Waals surface area contributed by atoms with E-state index in [-0.39, 0.29) is 10.9 Å². The molecule has 1 aromatic carbocycles. The van der Waals surface area contributed by atoms with E-state index in [1.165, 1.54) is 23.5 Å². The molecule has 1 aromatic rings. The molecule has 7 heteroatoms. The summed E-state index contributed by atoms with van der Waals surface area (Å²) >= 11 is 3.10. The second-order valence-corrected chi connectivity index (χ2v) is 7.00. The Kier molecular flexibility index (Phi) is 4.05. The molecule has 18 heavy (non-hydrogen) atoms. The maximum Gasteiger partial charge on any atom is 0.246 e. The highest BCUT2D eigenvalue weighted by Crippen LogP contribution is 2.25. The summed E-state index contributed by atoms with van der Waals surface area (Å²) in [5, 5.41) is 0. The van der Waals surface area contributed by atoms with Crippen LogP contribution in [-0.4, -0.2) is 39.0 Å². The summed E-state index contributed by atoms with van der Waals surface area (Å²) in [6.07, 6.45) is 0.633. The topological polar surface area (TPSA) is 46.6 Å². The van der Waals surface area contributed by atoms with E-state index in [1.807, 2.05) is 0 Å². The number of ether oxygens (including phenoxy) is 1. The highest BCUT2D eigenvalue weighted by molar-refractivity contribution is 9.10.